The first-order valence-electron chi connectivity index (χ1n) is 11.9. The molecule has 4 rings (SSSR count). The van der Waals surface area contributed by atoms with E-state index in [9.17, 15) is 4.79 Å². The second-order valence-corrected chi connectivity index (χ2v) is 10.0. The van der Waals surface area contributed by atoms with E-state index in [0.29, 0.717) is 28.8 Å². The average Bonchev–Trinajstić information content (AvgIpc) is 2.85. The van der Waals surface area contributed by atoms with Crippen LogP contribution in [-0.4, -0.2) is 43.6 Å². The van der Waals surface area contributed by atoms with Crippen molar-refractivity contribution in [3.63, 3.8) is 0 Å². The number of anilines is 2. The van der Waals surface area contributed by atoms with Crippen molar-refractivity contribution >= 4 is 40.5 Å². The maximum atomic E-state index is 12.7. The van der Waals surface area contributed by atoms with E-state index in [0.717, 1.165) is 54.7 Å². The summed E-state index contributed by atoms with van der Waals surface area (Å²) in [6, 6.07) is 20.8. The monoisotopic (exact) mass is 511 g/mol. The maximum Gasteiger partial charge on any atom is 0.255 e. The molecule has 0 spiro atoms. The number of ether oxygens (including phenoxy) is 1. The molecule has 7 heteroatoms. The summed E-state index contributed by atoms with van der Waals surface area (Å²) in [6.07, 6.45) is 0. The van der Waals surface area contributed by atoms with E-state index < -0.39 is 0 Å². The molecule has 1 aliphatic rings. The molecule has 0 aromatic heterocycles. The Morgan fingerprint density at radius 3 is 2.31 bits per heavy atom. The lowest BCUT2D eigenvalue weighted by atomic mass is 10.1. The fourth-order valence-corrected chi connectivity index (χ4v) is 4.52. The molecule has 0 bridgehead atoms. The number of rotatable bonds is 8. The molecule has 1 heterocycles. The van der Waals surface area contributed by atoms with Crippen LogP contribution in [0.15, 0.2) is 66.7 Å². The van der Waals surface area contributed by atoms with Crippen LogP contribution < -0.4 is 15.0 Å². The summed E-state index contributed by atoms with van der Waals surface area (Å²) in [4.78, 5) is 17.4. The molecule has 0 aliphatic carbocycles. The zero-order valence-corrected chi connectivity index (χ0v) is 21.6. The van der Waals surface area contributed by atoms with Crippen LogP contribution in [0.5, 0.6) is 5.75 Å². The van der Waals surface area contributed by atoms with Crippen molar-refractivity contribution in [2.75, 3.05) is 43.0 Å². The topological polar surface area (TPSA) is 44.8 Å². The minimum absolute atomic E-state index is 0.183. The van der Waals surface area contributed by atoms with Gasteiger partial charge in [0.05, 0.1) is 17.3 Å². The minimum atomic E-state index is -0.183. The second-order valence-electron chi connectivity index (χ2n) is 9.20. The Hall–Kier alpha value is -2.73. The molecule has 0 unspecified atom stereocenters. The van der Waals surface area contributed by atoms with Crippen molar-refractivity contribution < 1.29 is 9.53 Å². The van der Waals surface area contributed by atoms with Gasteiger partial charge in [0.15, 0.2) is 0 Å². The largest absolute Gasteiger partial charge is 0.493 e. The van der Waals surface area contributed by atoms with E-state index in [2.05, 4.69) is 35.0 Å². The number of carbonyl (C=O) groups excluding carboxylic acids is 1. The third-order valence-electron chi connectivity index (χ3n) is 5.97. The fourth-order valence-electron chi connectivity index (χ4n) is 4.02. The van der Waals surface area contributed by atoms with E-state index in [-0.39, 0.29) is 5.91 Å². The van der Waals surface area contributed by atoms with Crippen molar-refractivity contribution in [1.29, 1.82) is 0 Å². The van der Waals surface area contributed by atoms with Crippen molar-refractivity contribution in [2.45, 2.75) is 20.4 Å². The number of carbonyl (C=O) groups is 1. The normalized spacial score (nSPS) is 14.3. The van der Waals surface area contributed by atoms with Gasteiger partial charge in [-0.1, -0.05) is 55.2 Å². The van der Waals surface area contributed by atoms with Gasteiger partial charge in [0.1, 0.15) is 5.75 Å². The number of piperazine rings is 1. The predicted molar refractivity (Wildman–Crippen MR) is 145 cm³/mol. The number of nitrogens with zero attached hydrogens (tertiary/aromatic N) is 2. The van der Waals surface area contributed by atoms with E-state index in [4.69, 9.17) is 27.9 Å². The second kappa shape index (κ2) is 11.8. The van der Waals surface area contributed by atoms with Gasteiger partial charge in [0.2, 0.25) is 0 Å². The van der Waals surface area contributed by atoms with Gasteiger partial charge in [-0.05, 0) is 60.0 Å². The van der Waals surface area contributed by atoms with Crippen LogP contribution in [0.1, 0.15) is 29.8 Å². The highest BCUT2D eigenvalue weighted by Gasteiger charge is 2.20. The van der Waals surface area contributed by atoms with Gasteiger partial charge >= 0.3 is 0 Å². The molecule has 1 aliphatic heterocycles. The molecule has 0 saturated carbocycles. The Bertz CT molecular complexity index is 1140. The standard InChI is InChI=1S/C28H31Cl2N3O2/c1-20(2)19-35-24-10-7-21(8-11-24)28(34)31-23-9-12-27(26(30)17-23)33-15-13-32(14-16-33)18-22-5-3-4-6-25(22)29/h3-12,17,20H,13-16,18-19H2,1-2H3,(H,31,34). The molecular formula is C28H31Cl2N3O2. The lowest BCUT2D eigenvalue weighted by Gasteiger charge is -2.36. The van der Waals surface area contributed by atoms with Gasteiger partial charge in [0, 0.05) is 49.0 Å². The Morgan fingerprint density at radius 1 is 0.943 bits per heavy atom. The van der Waals surface area contributed by atoms with Crippen molar-refractivity contribution in [2.24, 2.45) is 5.92 Å². The van der Waals surface area contributed by atoms with E-state index >= 15 is 0 Å². The highest BCUT2D eigenvalue weighted by Crippen LogP contribution is 2.30. The van der Waals surface area contributed by atoms with Gasteiger partial charge in [-0.2, -0.15) is 0 Å². The first-order valence-corrected chi connectivity index (χ1v) is 12.7. The Kier molecular flexibility index (Phi) is 8.55. The number of benzene rings is 3. The lowest BCUT2D eigenvalue weighted by molar-refractivity contribution is 0.102. The van der Waals surface area contributed by atoms with E-state index in [1.807, 2.05) is 48.5 Å². The molecule has 35 heavy (non-hydrogen) atoms. The first-order chi connectivity index (χ1) is 16.9. The van der Waals surface area contributed by atoms with Crippen LogP contribution in [0, 0.1) is 5.92 Å². The summed E-state index contributed by atoms with van der Waals surface area (Å²) in [5, 5.41) is 4.37. The lowest BCUT2D eigenvalue weighted by Crippen LogP contribution is -2.46. The highest BCUT2D eigenvalue weighted by molar-refractivity contribution is 6.33. The predicted octanol–water partition coefficient (Wildman–Crippen LogP) is 6.60. The van der Waals surface area contributed by atoms with E-state index in [1.165, 1.54) is 0 Å². The molecule has 1 N–H and O–H groups in total. The Morgan fingerprint density at radius 2 is 1.66 bits per heavy atom. The number of amides is 1. The van der Waals surface area contributed by atoms with Gasteiger partial charge in [0.25, 0.3) is 5.91 Å². The zero-order valence-electron chi connectivity index (χ0n) is 20.1. The number of hydrogen-bond donors (Lipinski definition) is 1. The van der Waals surface area contributed by atoms with Crippen LogP contribution in [0.4, 0.5) is 11.4 Å². The zero-order chi connectivity index (χ0) is 24.8. The molecule has 0 radical (unpaired) electrons. The molecule has 3 aromatic rings. The average molecular weight is 512 g/mol. The van der Waals surface area contributed by atoms with Crippen molar-refractivity contribution in [3.8, 4) is 5.75 Å². The van der Waals surface area contributed by atoms with Gasteiger partial charge < -0.3 is 15.0 Å². The quantitative estimate of drug-likeness (QED) is 0.369. The van der Waals surface area contributed by atoms with Gasteiger partial charge in [-0.15, -0.1) is 0 Å². The van der Waals surface area contributed by atoms with Crippen molar-refractivity contribution in [3.05, 3.63) is 87.9 Å². The Labute approximate surface area is 217 Å². The fraction of sp³-hybridized carbons (Fsp3) is 0.321. The third kappa shape index (κ3) is 6.91. The molecular weight excluding hydrogens is 481 g/mol. The maximum absolute atomic E-state index is 12.7. The summed E-state index contributed by atoms with van der Waals surface area (Å²) in [6.45, 7) is 9.29. The summed E-state index contributed by atoms with van der Waals surface area (Å²) < 4.78 is 5.69. The first kappa shape index (κ1) is 25.4. The molecule has 3 aromatic carbocycles. The molecule has 1 fully saturated rings. The van der Waals surface area contributed by atoms with Gasteiger partial charge in [-0.3, -0.25) is 9.69 Å². The Balaban J connectivity index is 1.31. The highest BCUT2D eigenvalue weighted by atomic mass is 35.5. The summed E-state index contributed by atoms with van der Waals surface area (Å²) in [5.41, 5.74) is 3.37. The molecule has 1 saturated heterocycles. The van der Waals surface area contributed by atoms with Crippen LogP contribution in [0.2, 0.25) is 10.0 Å². The number of hydrogen-bond acceptors (Lipinski definition) is 4. The van der Waals surface area contributed by atoms with Crippen LogP contribution in [0.25, 0.3) is 0 Å². The SMILES string of the molecule is CC(C)COc1ccc(C(=O)Nc2ccc(N3CCN(Cc4ccccc4Cl)CC3)c(Cl)c2)cc1. The summed E-state index contributed by atoms with van der Waals surface area (Å²) in [5.74, 6) is 1.02. The van der Waals surface area contributed by atoms with Gasteiger partial charge in [-0.25, -0.2) is 0 Å². The third-order valence-corrected chi connectivity index (χ3v) is 6.64. The van der Waals surface area contributed by atoms with Crippen LogP contribution >= 0.6 is 23.2 Å². The molecule has 1 amide bonds. The number of halogens is 2. The number of nitrogens with one attached hydrogen (secondary N) is 1. The van der Waals surface area contributed by atoms with Crippen LogP contribution in [-0.2, 0) is 6.54 Å². The minimum Gasteiger partial charge on any atom is -0.493 e. The summed E-state index contributed by atoms with van der Waals surface area (Å²) >= 11 is 12.9. The summed E-state index contributed by atoms with van der Waals surface area (Å²) in [7, 11) is 0. The van der Waals surface area contributed by atoms with Crippen LogP contribution in [0.3, 0.4) is 0 Å². The van der Waals surface area contributed by atoms with E-state index in [1.54, 1.807) is 12.1 Å². The molecule has 5 nitrogen and oxygen atoms in total. The molecule has 184 valence electrons. The molecule has 0 atom stereocenters. The van der Waals surface area contributed by atoms with Crippen molar-refractivity contribution in [1.82, 2.24) is 4.90 Å². The smallest absolute Gasteiger partial charge is 0.255 e.